The normalized spacial score (nSPS) is 27.4. The van der Waals surface area contributed by atoms with Crippen molar-refractivity contribution >= 4 is 29.1 Å². The second-order valence-corrected chi connectivity index (χ2v) is 8.66. The van der Waals surface area contributed by atoms with Gasteiger partial charge in [-0.25, -0.2) is 0 Å². The van der Waals surface area contributed by atoms with Crippen LogP contribution in [0.1, 0.15) is 24.1 Å². The van der Waals surface area contributed by atoms with E-state index in [1.807, 2.05) is 17.5 Å². The SMILES string of the molecule is N#C[C@@H]1CCCN1C(=O)[C@@H](N)CN1C(=O)[C@H]2C[C@@H]1CN2C(=O)Cc1cccs1. The predicted octanol–water partition coefficient (Wildman–Crippen LogP) is -0.0558. The molecule has 8 nitrogen and oxygen atoms in total. The van der Waals surface area contributed by atoms with Crippen molar-refractivity contribution in [2.45, 2.75) is 49.9 Å². The van der Waals surface area contributed by atoms with Crippen LogP contribution in [0.4, 0.5) is 0 Å². The van der Waals surface area contributed by atoms with Crippen molar-refractivity contribution in [2.24, 2.45) is 5.73 Å². The van der Waals surface area contributed by atoms with Crippen LogP contribution in [-0.2, 0) is 20.8 Å². The van der Waals surface area contributed by atoms with Crippen molar-refractivity contribution in [3.05, 3.63) is 22.4 Å². The predicted molar refractivity (Wildman–Crippen MR) is 102 cm³/mol. The third kappa shape index (κ3) is 3.27. The number of nitrogens with zero attached hydrogens (tertiary/aromatic N) is 4. The van der Waals surface area contributed by atoms with E-state index in [-0.39, 0.29) is 30.3 Å². The smallest absolute Gasteiger partial charge is 0.245 e. The maximum Gasteiger partial charge on any atom is 0.245 e. The van der Waals surface area contributed by atoms with Crippen molar-refractivity contribution in [3.8, 4) is 6.07 Å². The molecule has 4 atom stereocenters. The Kier molecular flexibility index (Phi) is 5.08. The number of carbonyl (C=O) groups is 3. The summed E-state index contributed by atoms with van der Waals surface area (Å²) in [6, 6.07) is 4.17. The molecule has 2 N–H and O–H groups in total. The van der Waals surface area contributed by atoms with Gasteiger partial charge in [0.05, 0.1) is 18.5 Å². The van der Waals surface area contributed by atoms with Crippen molar-refractivity contribution < 1.29 is 14.4 Å². The maximum absolute atomic E-state index is 12.8. The number of nitriles is 1. The Morgan fingerprint density at radius 3 is 2.89 bits per heavy atom. The van der Waals surface area contributed by atoms with Gasteiger partial charge in [0.15, 0.2) is 0 Å². The molecule has 0 aromatic carbocycles. The molecule has 4 heterocycles. The molecule has 0 radical (unpaired) electrons. The second-order valence-electron chi connectivity index (χ2n) is 7.62. The molecule has 3 saturated heterocycles. The molecule has 1 aromatic heterocycles. The highest BCUT2D eigenvalue weighted by Gasteiger charge is 2.51. The fourth-order valence-electron chi connectivity index (χ4n) is 4.49. The van der Waals surface area contributed by atoms with E-state index >= 15 is 0 Å². The van der Waals surface area contributed by atoms with Gasteiger partial charge in [-0.15, -0.1) is 11.3 Å². The van der Waals surface area contributed by atoms with Gasteiger partial charge < -0.3 is 20.4 Å². The Morgan fingerprint density at radius 2 is 2.21 bits per heavy atom. The molecule has 1 aromatic rings. The molecule has 148 valence electrons. The molecule has 3 fully saturated rings. The highest BCUT2D eigenvalue weighted by Crippen LogP contribution is 2.32. The Balaban J connectivity index is 1.36. The van der Waals surface area contributed by atoms with Crippen molar-refractivity contribution in [3.63, 3.8) is 0 Å². The summed E-state index contributed by atoms with van der Waals surface area (Å²) in [6.45, 7) is 1.17. The molecule has 0 saturated carbocycles. The number of amides is 3. The minimum absolute atomic E-state index is 0.0303. The average Bonchev–Trinajstić information content (AvgIpc) is 3.46. The average molecular weight is 401 g/mol. The fraction of sp³-hybridized carbons (Fsp3) is 0.579. The van der Waals surface area contributed by atoms with Gasteiger partial charge in [0, 0.05) is 24.5 Å². The molecule has 3 aliphatic heterocycles. The zero-order valence-corrected chi connectivity index (χ0v) is 16.3. The Labute approximate surface area is 167 Å². The van der Waals surface area contributed by atoms with Gasteiger partial charge in [-0.3, -0.25) is 14.4 Å². The minimum atomic E-state index is -0.840. The van der Waals surface area contributed by atoms with Crippen LogP contribution >= 0.6 is 11.3 Å². The van der Waals surface area contributed by atoms with Crippen LogP contribution in [0.5, 0.6) is 0 Å². The van der Waals surface area contributed by atoms with E-state index in [1.54, 1.807) is 9.80 Å². The number of likely N-dealkylation sites (tertiary alicyclic amines) is 3. The highest BCUT2D eigenvalue weighted by molar-refractivity contribution is 7.10. The van der Waals surface area contributed by atoms with E-state index in [1.165, 1.54) is 16.2 Å². The van der Waals surface area contributed by atoms with Gasteiger partial charge >= 0.3 is 0 Å². The Morgan fingerprint density at radius 1 is 1.39 bits per heavy atom. The summed E-state index contributed by atoms with van der Waals surface area (Å²) in [5.41, 5.74) is 6.10. The van der Waals surface area contributed by atoms with Gasteiger partial charge in [-0.1, -0.05) is 6.07 Å². The Bertz CT molecular complexity index is 820. The quantitative estimate of drug-likeness (QED) is 0.743. The van der Waals surface area contributed by atoms with Crippen LogP contribution in [0.3, 0.4) is 0 Å². The van der Waals surface area contributed by atoms with Crippen LogP contribution in [0.25, 0.3) is 0 Å². The molecule has 28 heavy (non-hydrogen) atoms. The van der Waals surface area contributed by atoms with Gasteiger partial charge in [0.2, 0.25) is 17.7 Å². The molecule has 4 rings (SSSR count). The number of fused-ring (bicyclic) bond motifs is 2. The standard InChI is InChI=1S/C19H23N5O3S/c20-9-12-3-1-5-22(12)18(26)15(21)11-23-13-7-16(19(23)27)24(10-13)17(25)8-14-4-2-6-28-14/h2,4,6,12-13,15-16H,1,3,5,7-8,10-11,21H2/t12-,13+,15-,16+/m0/s1. The summed E-state index contributed by atoms with van der Waals surface area (Å²) < 4.78 is 0. The molecule has 9 heteroatoms. The summed E-state index contributed by atoms with van der Waals surface area (Å²) in [5, 5.41) is 11.1. The minimum Gasteiger partial charge on any atom is -0.334 e. The molecule has 2 bridgehead atoms. The first-order chi connectivity index (χ1) is 13.5. The van der Waals surface area contributed by atoms with Crippen molar-refractivity contribution in [1.82, 2.24) is 14.7 Å². The highest BCUT2D eigenvalue weighted by atomic mass is 32.1. The molecule has 0 aliphatic carbocycles. The van der Waals surface area contributed by atoms with E-state index in [2.05, 4.69) is 6.07 Å². The number of carbonyl (C=O) groups excluding carboxylic acids is 3. The summed E-state index contributed by atoms with van der Waals surface area (Å²) in [7, 11) is 0. The topological polar surface area (TPSA) is 111 Å². The lowest BCUT2D eigenvalue weighted by atomic mass is 10.2. The fourth-order valence-corrected chi connectivity index (χ4v) is 5.19. The van der Waals surface area contributed by atoms with Crippen LogP contribution in [0, 0.1) is 11.3 Å². The zero-order valence-electron chi connectivity index (χ0n) is 15.5. The summed E-state index contributed by atoms with van der Waals surface area (Å²) in [6.07, 6.45) is 2.38. The third-order valence-corrected chi connectivity index (χ3v) is 6.79. The lowest BCUT2D eigenvalue weighted by molar-refractivity contribution is -0.146. The van der Waals surface area contributed by atoms with Gasteiger partial charge in [0.25, 0.3) is 0 Å². The maximum atomic E-state index is 12.8. The van der Waals surface area contributed by atoms with E-state index in [0.29, 0.717) is 32.4 Å². The van der Waals surface area contributed by atoms with E-state index < -0.39 is 18.1 Å². The molecular weight excluding hydrogens is 378 g/mol. The van der Waals surface area contributed by atoms with E-state index in [9.17, 15) is 14.4 Å². The van der Waals surface area contributed by atoms with Crippen molar-refractivity contribution in [2.75, 3.05) is 19.6 Å². The largest absolute Gasteiger partial charge is 0.334 e. The molecule has 0 unspecified atom stereocenters. The van der Waals surface area contributed by atoms with Crippen LogP contribution in [-0.4, -0.2) is 76.2 Å². The first-order valence-corrected chi connectivity index (χ1v) is 10.5. The number of nitrogens with two attached hydrogens (primary N) is 1. The van der Waals surface area contributed by atoms with Gasteiger partial charge in [-0.05, 0) is 30.7 Å². The summed E-state index contributed by atoms with van der Waals surface area (Å²) in [4.78, 5) is 43.8. The molecular formula is C19H23N5O3S. The molecule has 3 amide bonds. The van der Waals surface area contributed by atoms with E-state index in [0.717, 1.165) is 11.3 Å². The van der Waals surface area contributed by atoms with Crippen molar-refractivity contribution in [1.29, 1.82) is 5.26 Å². The third-order valence-electron chi connectivity index (χ3n) is 5.91. The first kappa shape index (κ1) is 18.9. The molecule has 0 spiro atoms. The second kappa shape index (κ2) is 7.53. The van der Waals surface area contributed by atoms with Gasteiger partial charge in [0.1, 0.15) is 18.1 Å². The van der Waals surface area contributed by atoms with Crippen LogP contribution < -0.4 is 5.73 Å². The summed E-state index contributed by atoms with van der Waals surface area (Å²) in [5.74, 6) is -0.431. The number of rotatable bonds is 5. The monoisotopic (exact) mass is 401 g/mol. The first-order valence-electron chi connectivity index (χ1n) is 9.57. The van der Waals surface area contributed by atoms with Crippen LogP contribution in [0.15, 0.2) is 17.5 Å². The lowest BCUT2D eigenvalue weighted by Crippen LogP contribution is -2.57. The van der Waals surface area contributed by atoms with Gasteiger partial charge in [-0.2, -0.15) is 5.26 Å². The lowest BCUT2D eigenvalue weighted by Gasteiger charge is -2.35. The van der Waals surface area contributed by atoms with Crippen LogP contribution in [0.2, 0.25) is 0 Å². The number of piperazine rings is 1. The zero-order chi connectivity index (χ0) is 19.8. The van der Waals surface area contributed by atoms with E-state index in [4.69, 9.17) is 11.0 Å². The number of hydrogen-bond acceptors (Lipinski definition) is 6. The number of thiophene rings is 1. The Hall–Kier alpha value is -2.44. The molecule has 3 aliphatic rings. The summed E-state index contributed by atoms with van der Waals surface area (Å²) >= 11 is 1.53. The number of hydrogen-bond donors (Lipinski definition) is 1.